The molecule has 0 bridgehead atoms. The summed E-state index contributed by atoms with van der Waals surface area (Å²) < 4.78 is 1.76. The van der Waals surface area contributed by atoms with Crippen LogP contribution in [0.5, 0.6) is 0 Å². The van der Waals surface area contributed by atoms with Gasteiger partial charge in [0.15, 0.2) is 0 Å². The summed E-state index contributed by atoms with van der Waals surface area (Å²) in [6.45, 7) is 0. The Morgan fingerprint density at radius 1 is 1.10 bits per heavy atom. The lowest BCUT2D eigenvalue weighted by molar-refractivity contribution is 0.595. The largest absolute Gasteiger partial charge is 0.271 e. The lowest BCUT2D eigenvalue weighted by atomic mass is 10.0. The number of para-hydroxylation sites is 1. The monoisotopic (exact) mass is 299 g/mol. The van der Waals surface area contributed by atoms with E-state index in [9.17, 15) is 0 Å². The SMILES string of the molecule is NNC(c1cccc(Cl)c1)c1cnnn1-c1ccccc1. The number of nitrogens with zero attached hydrogens (tertiary/aromatic N) is 3. The highest BCUT2D eigenvalue weighted by Gasteiger charge is 2.19. The zero-order chi connectivity index (χ0) is 14.7. The highest BCUT2D eigenvalue weighted by Crippen LogP contribution is 2.24. The molecule has 3 rings (SSSR count). The van der Waals surface area contributed by atoms with Crippen LogP contribution in [-0.2, 0) is 0 Å². The van der Waals surface area contributed by atoms with Crippen molar-refractivity contribution in [1.82, 2.24) is 20.4 Å². The van der Waals surface area contributed by atoms with Crippen molar-refractivity contribution in [2.24, 2.45) is 5.84 Å². The van der Waals surface area contributed by atoms with Crippen LogP contribution in [0.1, 0.15) is 17.3 Å². The number of aromatic nitrogens is 3. The Bertz CT molecular complexity index is 726. The number of nitrogens with two attached hydrogens (primary N) is 1. The van der Waals surface area contributed by atoms with Crippen LogP contribution in [-0.4, -0.2) is 15.0 Å². The normalized spacial score (nSPS) is 12.3. The zero-order valence-corrected chi connectivity index (χ0v) is 11.9. The van der Waals surface area contributed by atoms with E-state index < -0.39 is 0 Å². The van der Waals surface area contributed by atoms with Crippen molar-refractivity contribution < 1.29 is 0 Å². The zero-order valence-electron chi connectivity index (χ0n) is 11.1. The van der Waals surface area contributed by atoms with Crippen molar-refractivity contribution in [1.29, 1.82) is 0 Å². The summed E-state index contributed by atoms with van der Waals surface area (Å²) >= 11 is 6.06. The smallest absolute Gasteiger partial charge is 0.0899 e. The van der Waals surface area contributed by atoms with Gasteiger partial charge in [0.1, 0.15) is 0 Å². The minimum absolute atomic E-state index is 0.251. The van der Waals surface area contributed by atoms with Crippen LogP contribution in [0.25, 0.3) is 5.69 Å². The number of rotatable bonds is 4. The van der Waals surface area contributed by atoms with Crippen LogP contribution in [0.3, 0.4) is 0 Å². The Kier molecular flexibility index (Phi) is 3.96. The van der Waals surface area contributed by atoms with E-state index in [2.05, 4.69) is 15.7 Å². The van der Waals surface area contributed by atoms with Crippen molar-refractivity contribution in [2.75, 3.05) is 0 Å². The molecule has 1 heterocycles. The average molecular weight is 300 g/mol. The van der Waals surface area contributed by atoms with E-state index in [1.165, 1.54) is 0 Å². The molecule has 6 heteroatoms. The number of hydrogen-bond donors (Lipinski definition) is 2. The van der Waals surface area contributed by atoms with Crippen molar-refractivity contribution in [3.8, 4) is 5.69 Å². The topological polar surface area (TPSA) is 68.8 Å². The van der Waals surface area contributed by atoms with E-state index in [-0.39, 0.29) is 6.04 Å². The van der Waals surface area contributed by atoms with Gasteiger partial charge in [-0.1, -0.05) is 47.1 Å². The summed E-state index contributed by atoms with van der Waals surface area (Å²) in [6, 6.07) is 17.1. The molecule has 0 spiro atoms. The lowest BCUT2D eigenvalue weighted by Gasteiger charge is -2.17. The number of benzene rings is 2. The molecule has 0 aliphatic rings. The van der Waals surface area contributed by atoms with Crippen LogP contribution < -0.4 is 11.3 Å². The molecule has 5 nitrogen and oxygen atoms in total. The fourth-order valence-corrected chi connectivity index (χ4v) is 2.45. The van der Waals surface area contributed by atoms with Gasteiger partial charge in [-0.25, -0.2) is 10.1 Å². The fourth-order valence-electron chi connectivity index (χ4n) is 2.25. The Hall–Kier alpha value is -2.21. The van der Waals surface area contributed by atoms with Crippen molar-refractivity contribution in [3.63, 3.8) is 0 Å². The van der Waals surface area contributed by atoms with Crippen LogP contribution in [0.15, 0.2) is 60.8 Å². The highest BCUT2D eigenvalue weighted by molar-refractivity contribution is 6.30. The number of halogens is 1. The third kappa shape index (κ3) is 2.80. The van der Waals surface area contributed by atoms with Gasteiger partial charge in [0.05, 0.1) is 23.6 Å². The Labute approximate surface area is 127 Å². The number of hydrazine groups is 1. The minimum atomic E-state index is -0.251. The number of hydrogen-bond acceptors (Lipinski definition) is 4. The fraction of sp³-hybridized carbons (Fsp3) is 0.0667. The van der Waals surface area contributed by atoms with E-state index in [1.54, 1.807) is 10.9 Å². The maximum Gasteiger partial charge on any atom is 0.0899 e. The molecule has 0 aliphatic heterocycles. The molecule has 0 aliphatic carbocycles. The molecule has 0 saturated carbocycles. The molecule has 2 aromatic carbocycles. The van der Waals surface area contributed by atoms with Gasteiger partial charge in [-0.15, -0.1) is 5.10 Å². The first-order chi connectivity index (χ1) is 10.3. The summed E-state index contributed by atoms with van der Waals surface area (Å²) in [5, 5.41) is 8.80. The molecule has 0 radical (unpaired) electrons. The molecule has 3 N–H and O–H groups in total. The van der Waals surface area contributed by atoms with Gasteiger partial charge in [0.2, 0.25) is 0 Å². The second kappa shape index (κ2) is 6.05. The van der Waals surface area contributed by atoms with Crippen LogP contribution >= 0.6 is 11.6 Å². The molecule has 1 unspecified atom stereocenters. The van der Waals surface area contributed by atoms with Crippen LogP contribution in [0.2, 0.25) is 5.02 Å². The summed E-state index contributed by atoms with van der Waals surface area (Å²) in [7, 11) is 0. The molecular weight excluding hydrogens is 286 g/mol. The Balaban J connectivity index is 2.05. The van der Waals surface area contributed by atoms with Gasteiger partial charge >= 0.3 is 0 Å². The van der Waals surface area contributed by atoms with E-state index >= 15 is 0 Å². The van der Waals surface area contributed by atoms with E-state index in [4.69, 9.17) is 17.4 Å². The molecule has 0 amide bonds. The summed E-state index contributed by atoms with van der Waals surface area (Å²) in [6.07, 6.45) is 1.69. The van der Waals surface area contributed by atoms with Gasteiger partial charge in [0.25, 0.3) is 0 Å². The van der Waals surface area contributed by atoms with E-state index in [1.807, 2.05) is 54.6 Å². The minimum Gasteiger partial charge on any atom is -0.271 e. The molecule has 3 aromatic rings. The first kappa shape index (κ1) is 13.8. The lowest BCUT2D eigenvalue weighted by Crippen LogP contribution is -2.30. The van der Waals surface area contributed by atoms with Crippen molar-refractivity contribution in [3.05, 3.63) is 77.1 Å². The summed E-state index contributed by atoms with van der Waals surface area (Å²) in [5.74, 6) is 5.73. The predicted molar refractivity (Wildman–Crippen MR) is 82.0 cm³/mol. The highest BCUT2D eigenvalue weighted by atomic mass is 35.5. The summed E-state index contributed by atoms with van der Waals surface area (Å²) in [5.41, 5.74) is 5.51. The maximum absolute atomic E-state index is 6.06. The van der Waals surface area contributed by atoms with Gasteiger partial charge in [-0.05, 0) is 29.8 Å². The molecule has 21 heavy (non-hydrogen) atoms. The van der Waals surface area contributed by atoms with Gasteiger partial charge in [0, 0.05) is 5.02 Å². The second-order valence-corrected chi connectivity index (χ2v) is 5.00. The first-order valence-electron chi connectivity index (χ1n) is 6.47. The molecule has 0 saturated heterocycles. The number of nitrogens with one attached hydrogen (secondary N) is 1. The molecule has 1 atom stereocenters. The second-order valence-electron chi connectivity index (χ2n) is 4.56. The van der Waals surface area contributed by atoms with Crippen LogP contribution in [0, 0.1) is 0 Å². The molecular formula is C15H14ClN5. The van der Waals surface area contributed by atoms with Crippen molar-refractivity contribution >= 4 is 11.6 Å². The first-order valence-corrected chi connectivity index (χ1v) is 6.85. The third-order valence-electron chi connectivity index (χ3n) is 3.22. The van der Waals surface area contributed by atoms with Crippen LogP contribution in [0.4, 0.5) is 0 Å². The standard InChI is InChI=1S/C15H14ClN5/c16-12-6-4-5-11(9-12)15(19-17)14-10-18-20-21(14)13-7-2-1-3-8-13/h1-10,15,19H,17H2. The third-order valence-corrected chi connectivity index (χ3v) is 3.46. The maximum atomic E-state index is 6.06. The van der Waals surface area contributed by atoms with Crippen molar-refractivity contribution in [2.45, 2.75) is 6.04 Å². The average Bonchev–Trinajstić information content (AvgIpc) is 2.98. The Morgan fingerprint density at radius 3 is 2.62 bits per heavy atom. The molecule has 1 aromatic heterocycles. The predicted octanol–water partition coefficient (Wildman–Crippen LogP) is 2.47. The molecule has 106 valence electrons. The van der Waals surface area contributed by atoms with Gasteiger partial charge < -0.3 is 0 Å². The summed E-state index contributed by atoms with van der Waals surface area (Å²) in [4.78, 5) is 0. The van der Waals surface area contributed by atoms with Gasteiger partial charge in [-0.3, -0.25) is 5.84 Å². The van der Waals surface area contributed by atoms with Gasteiger partial charge in [-0.2, -0.15) is 0 Å². The van der Waals surface area contributed by atoms with E-state index in [0.717, 1.165) is 16.9 Å². The molecule has 0 fully saturated rings. The Morgan fingerprint density at radius 2 is 1.90 bits per heavy atom. The quantitative estimate of drug-likeness (QED) is 0.573. The van der Waals surface area contributed by atoms with E-state index in [0.29, 0.717) is 5.02 Å².